The Morgan fingerprint density at radius 3 is 2.44 bits per heavy atom. The van der Waals surface area contributed by atoms with Crippen molar-refractivity contribution in [3.05, 3.63) is 47.2 Å². The van der Waals surface area contributed by atoms with Gasteiger partial charge in [0.1, 0.15) is 0 Å². The Balaban J connectivity index is 2.18. The van der Waals surface area contributed by atoms with Gasteiger partial charge in [0.25, 0.3) is 0 Å². The summed E-state index contributed by atoms with van der Waals surface area (Å²) < 4.78 is 7.24. The van der Waals surface area contributed by atoms with Gasteiger partial charge >= 0.3 is 0 Å². The lowest BCUT2D eigenvalue weighted by Gasteiger charge is -2.09. The molecule has 18 heavy (non-hydrogen) atoms. The lowest BCUT2D eigenvalue weighted by molar-refractivity contribution is 0.364. The van der Waals surface area contributed by atoms with Gasteiger partial charge in [0.15, 0.2) is 0 Å². The predicted molar refractivity (Wildman–Crippen MR) is 73.1 cm³/mol. The average molecular weight is 244 g/mol. The first kappa shape index (κ1) is 12.7. The van der Waals surface area contributed by atoms with E-state index < -0.39 is 0 Å². The Kier molecular flexibility index (Phi) is 3.70. The monoisotopic (exact) mass is 244 g/mol. The smallest absolute Gasteiger partial charge is 0.214 e. The van der Waals surface area contributed by atoms with Gasteiger partial charge in [-0.25, -0.2) is 4.68 Å². The van der Waals surface area contributed by atoms with Crippen LogP contribution in [0.25, 0.3) is 0 Å². The standard InChI is InChI=1S/C15H20N2O/c1-11(2)14-7-5-13(6-8-14)10-17-15(18-4)12(3)9-16-17/h5-9,11H,10H2,1-4H3. The summed E-state index contributed by atoms with van der Waals surface area (Å²) in [7, 11) is 1.68. The van der Waals surface area contributed by atoms with Crippen molar-refractivity contribution in [2.24, 2.45) is 0 Å². The molecular weight excluding hydrogens is 224 g/mol. The van der Waals surface area contributed by atoms with E-state index in [0.717, 1.165) is 18.0 Å². The Morgan fingerprint density at radius 1 is 1.22 bits per heavy atom. The van der Waals surface area contributed by atoms with E-state index in [1.165, 1.54) is 11.1 Å². The zero-order valence-corrected chi connectivity index (χ0v) is 11.5. The van der Waals surface area contributed by atoms with Crippen LogP contribution in [0, 0.1) is 6.92 Å². The van der Waals surface area contributed by atoms with Crippen molar-refractivity contribution in [1.29, 1.82) is 0 Å². The minimum Gasteiger partial charge on any atom is -0.481 e. The van der Waals surface area contributed by atoms with Gasteiger partial charge in [-0.3, -0.25) is 0 Å². The zero-order valence-electron chi connectivity index (χ0n) is 11.5. The molecule has 0 N–H and O–H groups in total. The first-order valence-electron chi connectivity index (χ1n) is 6.27. The van der Waals surface area contributed by atoms with E-state index in [2.05, 4.69) is 43.2 Å². The van der Waals surface area contributed by atoms with Crippen molar-refractivity contribution < 1.29 is 4.74 Å². The highest BCUT2D eigenvalue weighted by molar-refractivity contribution is 5.27. The minimum absolute atomic E-state index is 0.570. The van der Waals surface area contributed by atoms with Gasteiger partial charge in [0, 0.05) is 5.56 Å². The number of methoxy groups -OCH3 is 1. The maximum Gasteiger partial charge on any atom is 0.214 e. The van der Waals surface area contributed by atoms with Gasteiger partial charge < -0.3 is 4.74 Å². The molecule has 2 aromatic rings. The quantitative estimate of drug-likeness (QED) is 0.824. The molecule has 1 heterocycles. The van der Waals surface area contributed by atoms with E-state index in [1.807, 2.05) is 17.8 Å². The molecule has 0 radical (unpaired) electrons. The summed E-state index contributed by atoms with van der Waals surface area (Å²) in [6, 6.07) is 8.68. The molecule has 3 nitrogen and oxygen atoms in total. The van der Waals surface area contributed by atoms with Crippen LogP contribution in [0.2, 0.25) is 0 Å². The topological polar surface area (TPSA) is 27.1 Å². The van der Waals surface area contributed by atoms with E-state index in [1.54, 1.807) is 7.11 Å². The van der Waals surface area contributed by atoms with Crippen molar-refractivity contribution in [2.75, 3.05) is 7.11 Å². The molecule has 0 amide bonds. The molecule has 0 saturated carbocycles. The number of aryl methyl sites for hydroxylation is 1. The van der Waals surface area contributed by atoms with E-state index in [0.29, 0.717) is 5.92 Å². The van der Waals surface area contributed by atoms with E-state index in [-0.39, 0.29) is 0 Å². The lowest BCUT2D eigenvalue weighted by atomic mass is 10.0. The first-order valence-corrected chi connectivity index (χ1v) is 6.27. The van der Waals surface area contributed by atoms with Crippen molar-refractivity contribution in [2.45, 2.75) is 33.2 Å². The molecule has 0 fully saturated rings. The maximum atomic E-state index is 5.35. The van der Waals surface area contributed by atoms with Crippen LogP contribution < -0.4 is 4.74 Å². The molecule has 0 atom stereocenters. The summed E-state index contributed by atoms with van der Waals surface area (Å²) in [6.45, 7) is 7.16. The highest BCUT2D eigenvalue weighted by Crippen LogP contribution is 2.19. The number of hydrogen-bond donors (Lipinski definition) is 0. The fourth-order valence-corrected chi connectivity index (χ4v) is 2.03. The number of benzene rings is 1. The van der Waals surface area contributed by atoms with Gasteiger partial charge in [-0.2, -0.15) is 5.10 Å². The maximum absolute atomic E-state index is 5.35. The van der Waals surface area contributed by atoms with Crippen LogP contribution in [0.4, 0.5) is 0 Å². The van der Waals surface area contributed by atoms with Crippen LogP contribution >= 0.6 is 0 Å². The average Bonchev–Trinajstić information content (AvgIpc) is 2.70. The summed E-state index contributed by atoms with van der Waals surface area (Å²) in [6.07, 6.45) is 1.83. The van der Waals surface area contributed by atoms with E-state index >= 15 is 0 Å². The first-order chi connectivity index (χ1) is 8.61. The number of hydrogen-bond acceptors (Lipinski definition) is 2. The molecule has 1 aromatic carbocycles. The van der Waals surface area contributed by atoms with E-state index in [4.69, 9.17) is 4.74 Å². The second kappa shape index (κ2) is 5.25. The minimum atomic E-state index is 0.570. The summed E-state index contributed by atoms with van der Waals surface area (Å²) in [5, 5.41) is 4.33. The SMILES string of the molecule is COc1c(C)cnn1Cc1ccc(C(C)C)cc1. The second-order valence-electron chi connectivity index (χ2n) is 4.89. The molecule has 0 spiro atoms. The Hall–Kier alpha value is -1.77. The summed E-state index contributed by atoms with van der Waals surface area (Å²) >= 11 is 0. The second-order valence-corrected chi connectivity index (χ2v) is 4.89. The predicted octanol–water partition coefficient (Wildman–Crippen LogP) is 3.37. The highest BCUT2D eigenvalue weighted by Gasteiger charge is 2.08. The van der Waals surface area contributed by atoms with Crippen LogP contribution in [0.1, 0.15) is 36.5 Å². The van der Waals surface area contributed by atoms with Gasteiger partial charge in [-0.15, -0.1) is 0 Å². The highest BCUT2D eigenvalue weighted by atomic mass is 16.5. The molecule has 0 aliphatic rings. The van der Waals surface area contributed by atoms with Crippen molar-refractivity contribution >= 4 is 0 Å². The Labute approximate surface area is 108 Å². The van der Waals surface area contributed by atoms with Gasteiger partial charge in [-0.1, -0.05) is 38.1 Å². The molecule has 3 heteroatoms. The molecule has 0 aliphatic carbocycles. The van der Waals surface area contributed by atoms with Crippen molar-refractivity contribution in [3.63, 3.8) is 0 Å². The van der Waals surface area contributed by atoms with E-state index in [9.17, 15) is 0 Å². The van der Waals surface area contributed by atoms with Gasteiger partial charge in [0.2, 0.25) is 5.88 Å². The summed E-state index contributed by atoms with van der Waals surface area (Å²) in [5.74, 6) is 1.41. The molecule has 1 aromatic heterocycles. The van der Waals surface area contributed by atoms with Gasteiger partial charge in [0.05, 0.1) is 19.9 Å². The van der Waals surface area contributed by atoms with Crippen molar-refractivity contribution in [1.82, 2.24) is 9.78 Å². The fraction of sp³-hybridized carbons (Fsp3) is 0.400. The molecule has 0 aliphatic heterocycles. The number of rotatable bonds is 4. The molecular formula is C15H20N2O. The third-order valence-corrected chi connectivity index (χ3v) is 3.13. The lowest BCUT2D eigenvalue weighted by Crippen LogP contribution is -2.04. The Bertz CT molecular complexity index is 512. The van der Waals surface area contributed by atoms with Crippen molar-refractivity contribution in [3.8, 4) is 5.88 Å². The molecule has 0 saturated heterocycles. The van der Waals surface area contributed by atoms with Crippen LogP contribution in [0.5, 0.6) is 5.88 Å². The fourth-order valence-electron chi connectivity index (χ4n) is 2.03. The largest absolute Gasteiger partial charge is 0.481 e. The number of nitrogens with zero attached hydrogens (tertiary/aromatic N) is 2. The summed E-state index contributed by atoms with van der Waals surface area (Å²) in [5.41, 5.74) is 3.67. The van der Waals surface area contributed by atoms with Gasteiger partial charge in [-0.05, 0) is 24.0 Å². The van der Waals surface area contributed by atoms with Crippen LogP contribution in [0.3, 0.4) is 0 Å². The third kappa shape index (κ3) is 2.55. The number of aromatic nitrogens is 2. The number of ether oxygens (including phenoxy) is 1. The molecule has 0 unspecified atom stereocenters. The Morgan fingerprint density at radius 2 is 1.89 bits per heavy atom. The molecule has 96 valence electrons. The molecule has 2 rings (SSSR count). The third-order valence-electron chi connectivity index (χ3n) is 3.13. The van der Waals surface area contributed by atoms with Crippen LogP contribution in [-0.2, 0) is 6.54 Å². The van der Waals surface area contributed by atoms with Crippen LogP contribution in [0.15, 0.2) is 30.5 Å². The molecule has 0 bridgehead atoms. The van der Waals surface area contributed by atoms with Crippen LogP contribution in [-0.4, -0.2) is 16.9 Å². The normalized spacial score (nSPS) is 10.9. The summed E-state index contributed by atoms with van der Waals surface area (Å²) in [4.78, 5) is 0. The zero-order chi connectivity index (χ0) is 13.1.